The minimum Gasteiger partial charge on any atom is -0.493 e. The van der Waals surface area contributed by atoms with Crippen molar-refractivity contribution < 1.29 is 4.74 Å². The normalized spacial score (nSPS) is 15.4. The number of hydrogen-bond donors (Lipinski definition) is 1. The maximum Gasteiger partial charge on any atom is 0.122 e. The molecule has 1 unspecified atom stereocenters. The number of nitrogens with one attached hydrogen (secondary N) is 1. The van der Waals surface area contributed by atoms with E-state index in [0.717, 1.165) is 31.1 Å². The van der Waals surface area contributed by atoms with E-state index in [9.17, 15) is 0 Å². The molecule has 0 radical (unpaired) electrons. The van der Waals surface area contributed by atoms with Crippen LogP contribution in [0.5, 0.6) is 5.75 Å². The van der Waals surface area contributed by atoms with Gasteiger partial charge in [0.25, 0.3) is 0 Å². The number of fused-ring (bicyclic) bond motifs is 1. The smallest absolute Gasteiger partial charge is 0.122 e. The van der Waals surface area contributed by atoms with E-state index in [1.165, 1.54) is 17.5 Å². The van der Waals surface area contributed by atoms with Crippen LogP contribution in [0.4, 0.5) is 0 Å². The first-order valence-electron chi connectivity index (χ1n) is 6.33. The molecule has 0 saturated heterocycles. The predicted molar refractivity (Wildman–Crippen MR) is 75.1 cm³/mol. The minimum absolute atomic E-state index is 0.468. The molecule has 2 nitrogen and oxygen atoms in total. The van der Waals surface area contributed by atoms with Crippen LogP contribution in [-0.4, -0.2) is 25.2 Å². The first-order valence-corrected chi connectivity index (χ1v) is 7.72. The highest BCUT2D eigenvalue weighted by Gasteiger charge is 2.16. The second-order valence-electron chi connectivity index (χ2n) is 4.43. The number of hydrogen-bond acceptors (Lipinski definition) is 3. The third-order valence-corrected chi connectivity index (χ3v) is 3.76. The molecule has 0 bridgehead atoms. The van der Waals surface area contributed by atoms with Crippen LogP contribution in [0.3, 0.4) is 0 Å². The van der Waals surface area contributed by atoms with E-state index in [0.29, 0.717) is 6.04 Å². The van der Waals surface area contributed by atoms with Gasteiger partial charge < -0.3 is 10.1 Å². The third-order valence-electron chi connectivity index (χ3n) is 3.09. The second kappa shape index (κ2) is 6.31. The fourth-order valence-corrected chi connectivity index (χ4v) is 2.83. The molecule has 1 heterocycles. The molecule has 1 atom stereocenters. The summed E-state index contributed by atoms with van der Waals surface area (Å²) < 4.78 is 5.55. The quantitative estimate of drug-likeness (QED) is 0.839. The van der Waals surface area contributed by atoms with Gasteiger partial charge in [-0.2, -0.15) is 11.8 Å². The Morgan fingerprint density at radius 2 is 2.35 bits per heavy atom. The molecule has 0 fully saturated rings. The van der Waals surface area contributed by atoms with Crippen molar-refractivity contribution in [2.24, 2.45) is 0 Å². The zero-order chi connectivity index (χ0) is 12.1. The van der Waals surface area contributed by atoms with Gasteiger partial charge in [0.05, 0.1) is 6.61 Å². The third kappa shape index (κ3) is 3.17. The van der Waals surface area contributed by atoms with Crippen molar-refractivity contribution in [3.8, 4) is 5.75 Å². The van der Waals surface area contributed by atoms with Crippen LogP contribution in [0.15, 0.2) is 18.2 Å². The lowest BCUT2D eigenvalue weighted by atomic mass is 10.0. The highest BCUT2D eigenvalue weighted by Crippen LogP contribution is 2.29. The van der Waals surface area contributed by atoms with Crippen molar-refractivity contribution in [3.63, 3.8) is 0 Å². The van der Waals surface area contributed by atoms with Gasteiger partial charge in [0.2, 0.25) is 0 Å². The van der Waals surface area contributed by atoms with Gasteiger partial charge in [-0.3, -0.25) is 0 Å². The zero-order valence-corrected chi connectivity index (χ0v) is 11.5. The summed E-state index contributed by atoms with van der Waals surface area (Å²) in [5, 5.41) is 3.62. The summed E-state index contributed by atoms with van der Waals surface area (Å²) in [6.07, 6.45) is 4.40. The van der Waals surface area contributed by atoms with E-state index in [1.807, 2.05) is 11.8 Å². The van der Waals surface area contributed by atoms with Gasteiger partial charge in [-0.1, -0.05) is 19.1 Å². The zero-order valence-electron chi connectivity index (χ0n) is 10.7. The maximum absolute atomic E-state index is 5.55. The average Bonchev–Trinajstić information content (AvgIpc) is 2.81. The van der Waals surface area contributed by atoms with Crippen LogP contribution in [-0.2, 0) is 6.42 Å². The molecule has 0 aromatic heterocycles. The number of benzene rings is 1. The van der Waals surface area contributed by atoms with E-state index < -0.39 is 0 Å². The highest BCUT2D eigenvalue weighted by atomic mass is 32.2. The molecule has 1 aliphatic rings. The van der Waals surface area contributed by atoms with Crippen LogP contribution in [0.1, 0.15) is 30.5 Å². The maximum atomic E-state index is 5.55. The van der Waals surface area contributed by atoms with Gasteiger partial charge in [-0.15, -0.1) is 0 Å². The molecule has 0 spiro atoms. The largest absolute Gasteiger partial charge is 0.493 e. The Morgan fingerprint density at radius 3 is 3.12 bits per heavy atom. The molecule has 0 amide bonds. The van der Waals surface area contributed by atoms with Crippen LogP contribution >= 0.6 is 11.8 Å². The van der Waals surface area contributed by atoms with Crippen molar-refractivity contribution in [1.29, 1.82) is 0 Å². The molecule has 3 heteroatoms. The van der Waals surface area contributed by atoms with Crippen LogP contribution < -0.4 is 10.1 Å². The van der Waals surface area contributed by atoms with E-state index in [-0.39, 0.29) is 0 Å². The molecule has 1 N–H and O–H groups in total. The van der Waals surface area contributed by atoms with Crippen molar-refractivity contribution >= 4 is 11.8 Å². The average molecular weight is 251 g/mol. The molecule has 17 heavy (non-hydrogen) atoms. The van der Waals surface area contributed by atoms with Gasteiger partial charge in [0, 0.05) is 18.2 Å². The van der Waals surface area contributed by atoms with Crippen molar-refractivity contribution in [2.75, 3.05) is 25.2 Å². The molecule has 1 aromatic carbocycles. The molecule has 0 aliphatic carbocycles. The van der Waals surface area contributed by atoms with Crippen LogP contribution in [0.25, 0.3) is 0 Å². The summed E-state index contributed by atoms with van der Waals surface area (Å²) in [5.41, 5.74) is 2.77. The summed E-state index contributed by atoms with van der Waals surface area (Å²) in [6.45, 7) is 4.13. The Hall–Kier alpha value is -0.670. The van der Waals surface area contributed by atoms with Crippen LogP contribution in [0, 0.1) is 0 Å². The van der Waals surface area contributed by atoms with Crippen LogP contribution in [0.2, 0.25) is 0 Å². The van der Waals surface area contributed by atoms with Gasteiger partial charge in [0.15, 0.2) is 0 Å². The SMILES string of the molecule is CCCNC(CSC)c1ccc2c(c1)CCO2. The highest BCUT2D eigenvalue weighted by molar-refractivity contribution is 7.98. The van der Waals surface area contributed by atoms with E-state index in [1.54, 1.807) is 0 Å². The summed E-state index contributed by atoms with van der Waals surface area (Å²) in [7, 11) is 0. The second-order valence-corrected chi connectivity index (χ2v) is 5.34. The lowest BCUT2D eigenvalue weighted by molar-refractivity contribution is 0.356. The molecular formula is C14H21NOS. The first kappa shape index (κ1) is 12.8. The summed E-state index contributed by atoms with van der Waals surface area (Å²) in [4.78, 5) is 0. The van der Waals surface area contributed by atoms with Gasteiger partial charge in [0.1, 0.15) is 5.75 Å². The van der Waals surface area contributed by atoms with Gasteiger partial charge in [-0.25, -0.2) is 0 Å². The van der Waals surface area contributed by atoms with E-state index >= 15 is 0 Å². The number of thioether (sulfide) groups is 1. The number of rotatable bonds is 6. The summed E-state index contributed by atoms with van der Waals surface area (Å²) in [6, 6.07) is 7.11. The van der Waals surface area contributed by atoms with E-state index in [4.69, 9.17) is 4.74 Å². The monoisotopic (exact) mass is 251 g/mol. The van der Waals surface area contributed by atoms with Crippen molar-refractivity contribution in [1.82, 2.24) is 5.32 Å². The summed E-state index contributed by atoms with van der Waals surface area (Å²) >= 11 is 1.89. The Bertz CT molecular complexity index is 367. The Labute approximate surface area is 108 Å². The fraction of sp³-hybridized carbons (Fsp3) is 0.571. The van der Waals surface area contributed by atoms with Gasteiger partial charge >= 0.3 is 0 Å². The standard InChI is InChI=1S/C14H21NOS/c1-3-7-15-13(10-17-2)11-4-5-14-12(9-11)6-8-16-14/h4-5,9,13,15H,3,6-8,10H2,1-2H3. The minimum atomic E-state index is 0.468. The predicted octanol–water partition coefficient (Wildman–Crippen LogP) is 3.03. The fourth-order valence-electron chi connectivity index (χ4n) is 2.18. The van der Waals surface area contributed by atoms with Gasteiger partial charge in [-0.05, 0) is 36.4 Å². The Balaban J connectivity index is 2.11. The lowest BCUT2D eigenvalue weighted by Crippen LogP contribution is -2.24. The van der Waals surface area contributed by atoms with Crippen molar-refractivity contribution in [3.05, 3.63) is 29.3 Å². The van der Waals surface area contributed by atoms with E-state index in [2.05, 4.69) is 36.7 Å². The Kier molecular flexibility index (Phi) is 4.75. The molecule has 2 rings (SSSR count). The first-order chi connectivity index (χ1) is 8.35. The molecule has 1 aromatic rings. The molecule has 0 saturated carbocycles. The lowest BCUT2D eigenvalue weighted by Gasteiger charge is -2.18. The Morgan fingerprint density at radius 1 is 1.47 bits per heavy atom. The summed E-state index contributed by atoms with van der Waals surface area (Å²) in [5.74, 6) is 2.20. The number of ether oxygens (including phenoxy) is 1. The molecular weight excluding hydrogens is 230 g/mol. The van der Waals surface area contributed by atoms with Crippen molar-refractivity contribution in [2.45, 2.75) is 25.8 Å². The topological polar surface area (TPSA) is 21.3 Å². The molecule has 94 valence electrons. The molecule has 1 aliphatic heterocycles.